The van der Waals surface area contributed by atoms with Crippen LogP contribution in [0.15, 0.2) is 67.0 Å². The number of nitrogens with one attached hydrogen (secondary N) is 3. The molecule has 0 radical (unpaired) electrons. The minimum Gasteiger partial charge on any atom is -0.364 e. The number of hydrogen-bond donors (Lipinski definition) is 3. The number of hydrogen-bond acceptors (Lipinski definition) is 5. The number of aromatic nitrogens is 4. The summed E-state index contributed by atoms with van der Waals surface area (Å²) >= 11 is 0. The molecule has 4 aromatic rings. The second kappa shape index (κ2) is 7.23. The Bertz CT molecular complexity index is 981. The molecule has 2 aromatic heterocycles. The fraction of sp³-hybridized carbons (Fsp3) is 0.150. The first-order chi connectivity index (χ1) is 12.8. The summed E-state index contributed by atoms with van der Waals surface area (Å²) < 4.78 is 0. The lowest BCUT2D eigenvalue weighted by molar-refractivity contribution is 0.863. The summed E-state index contributed by atoms with van der Waals surface area (Å²) in [6.07, 6.45) is 1.64. The maximum atomic E-state index is 4.65. The van der Waals surface area contributed by atoms with Crippen molar-refractivity contribution in [2.75, 3.05) is 10.6 Å². The van der Waals surface area contributed by atoms with Gasteiger partial charge in [-0.15, -0.1) is 0 Å². The third-order valence-corrected chi connectivity index (χ3v) is 4.23. The van der Waals surface area contributed by atoms with Gasteiger partial charge in [0, 0.05) is 6.54 Å². The van der Waals surface area contributed by atoms with Crippen LogP contribution in [0.25, 0.3) is 11.2 Å². The molecule has 0 amide bonds. The Labute approximate surface area is 151 Å². The van der Waals surface area contributed by atoms with Crippen LogP contribution in [0.2, 0.25) is 0 Å². The Morgan fingerprint density at radius 1 is 0.962 bits per heavy atom. The zero-order valence-corrected chi connectivity index (χ0v) is 14.5. The second-order valence-electron chi connectivity index (χ2n) is 6.11. The molecule has 3 N–H and O–H groups in total. The van der Waals surface area contributed by atoms with Crippen molar-refractivity contribution in [3.05, 3.63) is 78.1 Å². The summed E-state index contributed by atoms with van der Waals surface area (Å²) in [5.41, 5.74) is 3.81. The summed E-state index contributed by atoms with van der Waals surface area (Å²) in [6, 6.07) is 20.5. The number of fused-ring (bicyclic) bond motifs is 1. The Hall–Kier alpha value is -3.41. The van der Waals surface area contributed by atoms with E-state index >= 15 is 0 Å². The predicted octanol–water partition coefficient (Wildman–Crippen LogP) is 4.14. The third-order valence-electron chi connectivity index (χ3n) is 4.23. The topological polar surface area (TPSA) is 78.5 Å². The second-order valence-corrected chi connectivity index (χ2v) is 6.11. The maximum Gasteiger partial charge on any atom is 0.227 e. The smallest absolute Gasteiger partial charge is 0.227 e. The highest BCUT2D eigenvalue weighted by atomic mass is 15.2. The van der Waals surface area contributed by atoms with Crippen molar-refractivity contribution in [3.63, 3.8) is 0 Å². The molecule has 130 valence electrons. The molecular weight excluding hydrogens is 324 g/mol. The van der Waals surface area contributed by atoms with Crippen LogP contribution in [0.5, 0.6) is 0 Å². The van der Waals surface area contributed by atoms with Crippen LogP contribution in [-0.4, -0.2) is 19.9 Å². The number of imidazole rings is 1. The number of H-pyrrole nitrogens is 1. The summed E-state index contributed by atoms with van der Waals surface area (Å²) in [5.74, 6) is 1.29. The standard InChI is InChI=1S/C20H20N6/c1-14(16-10-6-3-7-11-16)24-20-25-18(17-19(26-20)23-13-22-17)21-12-15-8-4-2-5-9-15/h2-11,13-14H,12H2,1H3,(H3,21,22,23,24,25,26). The molecule has 0 aliphatic rings. The minimum absolute atomic E-state index is 0.0922. The van der Waals surface area contributed by atoms with Crippen LogP contribution in [-0.2, 0) is 6.54 Å². The molecule has 4 rings (SSSR count). The molecule has 0 aliphatic heterocycles. The molecule has 1 unspecified atom stereocenters. The number of benzene rings is 2. The highest BCUT2D eigenvalue weighted by Crippen LogP contribution is 2.22. The quantitative estimate of drug-likeness (QED) is 0.490. The summed E-state index contributed by atoms with van der Waals surface area (Å²) in [7, 11) is 0. The van der Waals surface area contributed by atoms with Gasteiger partial charge in [0.25, 0.3) is 0 Å². The van der Waals surface area contributed by atoms with E-state index in [2.05, 4.69) is 61.8 Å². The molecule has 0 saturated heterocycles. The van der Waals surface area contributed by atoms with E-state index in [-0.39, 0.29) is 6.04 Å². The Morgan fingerprint density at radius 2 is 1.69 bits per heavy atom. The van der Waals surface area contributed by atoms with Crippen LogP contribution in [0.4, 0.5) is 11.8 Å². The first-order valence-corrected chi connectivity index (χ1v) is 8.60. The average molecular weight is 344 g/mol. The van der Waals surface area contributed by atoms with E-state index in [1.54, 1.807) is 6.33 Å². The number of anilines is 2. The monoisotopic (exact) mass is 344 g/mol. The lowest BCUT2D eigenvalue weighted by Gasteiger charge is -2.15. The predicted molar refractivity (Wildman–Crippen MR) is 104 cm³/mol. The first kappa shape index (κ1) is 16.1. The van der Waals surface area contributed by atoms with E-state index in [0.717, 1.165) is 11.3 Å². The van der Waals surface area contributed by atoms with Gasteiger partial charge in [-0.05, 0) is 18.1 Å². The van der Waals surface area contributed by atoms with E-state index in [9.17, 15) is 0 Å². The van der Waals surface area contributed by atoms with Crippen molar-refractivity contribution in [3.8, 4) is 0 Å². The molecule has 0 aliphatic carbocycles. The first-order valence-electron chi connectivity index (χ1n) is 8.60. The molecular formula is C20H20N6. The van der Waals surface area contributed by atoms with Crippen molar-refractivity contribution in [2.24, 2.45) is 0 Å². The van der Waals surface area contributed by atoms with E-state index in [1.807, 2.05) is 36.4 Å². The lowest BCUT2D eigenvalue weighted by atomic mass is 10.1. The van der Waals surface area contributed by atoms with Crippen LogP contribution in [0.3, 0.4) is 0 Å². The van der Waals surface area contributed by atoms with Crippen LogP contribution < -0.4 is 10.6 Å². The largest absolute Gasteiger partial charge is 0.364 e. The van der Waals surface area contributed by atoms with Gasteiger partial charge in [-0.25, -0.2) is 4.98 Å². The van der Waals surface area contributed by atoms with Crippen molar-refractivity contribution in [2.45, 2.75) is 19.5 Å². The molecule has 26 heavy (non-hydrogen) atoms. The summed E-state index contributed by atoms with van der Waals surface area (Å²) in [6.45, 7) is 2.77. The molecule has 2 heterocycles. The molecule has 0 fully saturated rings. The van der Waals surface area contributed by atoms with Crippen LogP contribution in [0.1, 0.15) is 24.1 Å². The third kappa shape index (κ3) is 3.49. The minimum atomic E-state index is 0.0922. The Kier molecular flexibility index (Phi) is 4.47. The fourth-order valence-electron chi connectivity index (χ4n) is 2.83. The molecule has 2 aromatic carbocycles. The van der Waals surface area contributed by atoms with E-state index in [0.29, 0.717) is 18.1 Å². The summed E-state index contributed by atoms with van der Waals surface area (Å²) in [4.78, 5) is 16.6. The zero-order valence-electron chi connectivity index (χ0n) is 14.5. The number of nitrogens with zero attached hydrogens (tertiary/aromatic N) is 3. The SMILES string of the molecule is CC(Nc1nc(NCc2ccccc2)c2[nH]cnc2n1)c1ccccc1. The van der Waals surface area contributed by atoms with Gasteiger partial charge in [0.05, 0.1) is 12.4 Å². The molecule has 6 nitrogen and oxygen atoms in total. The van der Waals surface area contributed by atoms with Crippen LogP contribution >= 0.6 is 0 Å². The van der Waals surface area contributed by atoms with Crippen molar-refractivity contribution >= 4 is 22.9 Å². The van der Waals surface area contributed by atoms with Gasteiger partial charge in [0.1, 0.15) is 5.52 Å². The zero-order chi connectivity index (χ0) is 17.8. The van der Waals surface area contributed by atoms with Gasteiger partial charge < -0.3 is 15.6 Å². The van der Waals surface area contributed by atoms with E-state index < -0.39 is 0 Å². The Morgan fingerprint density at radius 3 is 2.46 bits per heavy atom. The van der Waals surface area contributed by atoms with Crippen molar-refractivity contribution in [1.82, 2.24) is 19.9 Å². The van der Waals surface area contributed by atoms with Gasteiger partial charge in [-0.3, -0.25) is 0 Å². The molecule has 6 heteroatoms. The van der Waals surface area contributed by atoms with Gasteiger partial charge in [-0.2, -0.15) is 9.97 Å². The molecule has 0 saturated carbocycles. The van der Waals surface area contributed by atoms with Gasteiger partial charge in [0.15, 0.2) is 11.5 Å². The molecule has 0 spiro atoms. The van der Waals surface area contributed by atoms with Gasteiger partial charge >= 0.3 is 0 Å². The van der Waals surface area contributed by atoms with E-state index in [1.165, 1.54) is 11.1 Å². The summed E-state index contributed by atoms with van der Waals surface area (Å²) in [5, 5.41) is 6.74. The van der Waals surface area contributed by atoms with Crippen molar-refractivity contribution < 1.29 is 0 Å². The maximum absolute atomic E-state index is 4.65. The highest BCUT2D eigenvalue weighted by molar-refractivity contribution is 5.83. The lowest BCUT2D eigenvalue weighted by Crippen LogP contribution is -2.11. The average Bonchev–Trinajstić information content (AvgIpc) is 3.16. The van der Waals surface area contributed by atoms with Crippen molar-refractivity contribution in [1.29, 1.82) is 0 Å². The molecule has 0 bridgehead atoms. The normalized spacial score (nSPS) is 12.0. The molecule has 1 atom stereocenters. The van der Waals surface area contributed by atoms with Gasteiger partial charge in [-0.1, -0.05) is 60.7 Å². The fourth-order valence-corrected chi connectivity index (χ4v) is 2.83. The Balaban J connectivity index is 1.58. The highest BCUT2D eigenvalue weighted by Gasteiger charge is 2.12. The number of aromatic amines is 1. The van der Waals surface area contributed by atoms with E-state index in [4.69, 9.17) is 0 Å². The van der Waals surface area contributed by atoms with Gasteiger partial charge in [0.2, 0.25) is 5.95 Å². The number of rotatable bonds is 6. The van der Waals surface area contributed by atoms with Crippen LogP contribution in [0, 0.1) is 0 Å².